The number of nitrogens with one attached hydrogen (secondary N) is 3. The molecule has 0 unspecified atom stereocenters. The van der Waals surface area contributed by atoms with Gasteiger partial charge in [-0.1, -0.05) is 25.1 Å². The van der Waals surface area contributed by atoms with Crippen molar-refractivity contribution < 1.29 is 29.0 Å². The van der Waals surface area contributed by atoms with E-state index in [1.54, 1.807) is 25.3 Å². The molecule has 0 bridgehead atoms. The maximum absolute atomic E-state index is 11.7. The van der Waals surface area contributed by atoms with Gasteiger partial charge < -0.3 is 24.8 Å². The number of hydrogen-bond acceptors (Lipinski definition) is 6. The molecule has 0 aromatic heterocycles. The molecule has 0 saturated heterocycles. The van der Waals surface area contributed by atoms with Gasteiger partial charge in [0.2, 0.25) is 0 Å². The molecule has 0 heterocycles. The Morgan fingerprint density at radius 3 is 2.74 bits per heavy atom. The van der Waals surface area contributed by atoms with Gasteiger partial charge in [0.15, 0.2) is 0 Å². The monoisotopic (exact) mass is 381 g/mol. The maximum atomic E-state index is 11.7. The van der Waals surface area contributed by atoms with Crippen molar-refractivity contribution in [3.63, 3.8) is 0 Å². The molecule has 150 valence electrons. The molecule has 9 nitrogen and oxygen atoms in total. The third-order valence-electron chi connectivity index (χ3n) is 3.32. The van der Waals surface area contributed by atoms with Crippen molar-refractivity contribution in [2.45, 2.75) is 20.0 Å². The number of methoxy groups -OCH3 is 1. The van der Waals surface area contributed by atoms with E-state index >= 15 is 0 Å². The minimum Gasteiger partial charge on any atom is -0.445 e. The largest absolute Gasteiger partial charge is 0.445 e. The van der Waals surface area contributed by atoms with Crippen molar-refractivity contribution in [2.75, 3.05) is 38.8 Å². The summed E-state index contributed by atoms with van der Waals surface area (Å²) in [6.45, 7) is 3.75. The van der Waals surface area contributed by atoms with Crippen LogP contribution in [0.3, 0.4) is 0 Å². The second-order valence-corrected chi connectivity index (χ2v) is 5.41. The van der Waals surface area contributed by atoms with Gasteiger partial charge in [0.1, 0.15) is 6.61 Å². The molecular formula is C18H27N3O6. The van der Waals surface area contributed by atoms with Gasteiger partial charge in [0.25, 0.3) is 0 Å². The van der Waals surface area contributed by atoms with Gasteiger partial charge >= 0.3 is 12.1 Å². The van der Waals surface area contributed by atoms with Crippen LogP contribution in [0.2, 0.25) is 0 Å². The number of hydrogen-bond donors (Lipinski definition) is 4. The first-order chi connectivity index (χ1) is 13.1. The predicted octanol–water partition coefficient (Wildman–Crippen LogP) is 2.51. The lowest BCUT2D eigenvalue weighted by Crippen LogP contribution is -2.28. The smallest absolute Gasteiger partial charge is 0.407 e. The molecule has 0 aliphatic rings. The van der Waals surface area contributed by atoms with Gasteiger partial charge in [-0.05, 0) is 29.7 Å². The second-order valence-electron chi connectivity index (χ2n) is 5.41. The number of amides is 3. The molecule has 1 rings (SSSR count). The van der Waals surface area contributed by atoms with Crippen LogP contribution >= 0.6 is 0 Å². The van der Waals surface area contributed by atoms with Crippen LogP contribution < -0.4 is 16.1 Å². The quantitative estimate of drug-likeness (QED) is 0.266. The van der Waals surface area contributed by atoms with Crippen LogP contribution in [0.4, 0.5) is 15.3 Å². The second kappa shape index (κ2) is 13.6. The highest BCUT2D eigenvalue weighted by Crippen LogP contribution is 2.20. The molecule has 0 aliphatic heterocycles. The zero-order chi connectivity index (χ0) is 19.9. The van der Waals surface area contributed by atoms with E-state index in [1.165, 1.54) is 5.48 Å². The standard InChI is InChI=1S/C18H27N3O6/c1-3-4-5-15-12-14(6-7-16(15)20-17(22)21-24)13-27-18(23)19-8-9-26-11-10-25-2/h4-7,12,24H,3,8-11,13H2,1-2H3,(H,19,23)(H2,20,21,22)/b5-4+. The van der Waals surface area contributed by atoms with Crippen LogP contribution in [-0.2, 0) is 20.8 Å². The summed E-state index contributed by atoms with van der Waals surface area (Å²) in [6, 6.07) is 4.44. The Bertz CT molecular complexity index is 621. The molecule has 0 saturated carbocycles. The number of urea groups is 1. The average molecular weight is 381 g/mol. The van der Waals surface area contributed by atoms with E-state index in [2.05, 4.69) is 10.6 Å². The fourth-order valence-corrected chi connectivity index (χ4v) is 2.02. The van der Waals surface area contributed by atoms with Crippen LogP contribution in [0.1, 0.15) is 24.5 Å². The summed E-state index contributed by atoms with van der Waals surface area (Å²) in [7, 11) is 1.59. The minimum atomic E-state index is -0.739. The van der Waals surface area contributed by atoms with E-state index < -0.39 is 12.1 Å². The van der Waals surface area contributed by atoms with E-state index in [0.717, 1.165) is 17.5 Å². The molecule has 1 aromatic carbocycles. The van der Waals surface area contributed by atoms with Gasteiger partial charge in [0.05, 0.1) is 19.8 Å². The van der Waals surface area contributed by atoms with Gasteiger partial charge in [-0.15, -0.1) is 0 Å². The molecule has 3 amide bonds. The van der Waals surface area contributed by atoms with Crippen LogP contribution in [0, 0.1) is 0 Å². The van der Waals surface area contributed by atoms with E-state index in [9.17, 15) is 9.59 Å². The molecular weight excluding hydrogens is 354 g/mol. The van der Waals surface area contributed by atoms with E-state index in [1.807, 2.05) is 19.1 Å². The molecule has 0 atom stereocenters. The third-order valence-corrected chi connectivity index (χ3v) is 3.32. The van der Waals surface area contributed by atoms with Gasteiger partial charge in [-0.2, -0.15) is 0 Å². The fraction of sp³-hybridized carbons (Fsp3) is 0.444. The summed E-state index contributed by atoms with van der Waals surface area (Å²) in [5.41, 5.74) is 3.53. The van der Waals surface area contributed by atoms with Crippen molar-refractivity contribution in [3.05, 3.63) is 35.4 Å². The Morgan fingerprint density at radius 2 is 2.04 bits per heavy atom. The molecule has 27 heavy (non-hydrogen) atoms. The van der Waals surface area contributed by atoms with Crippen LogP contribution in [0.25, 0.3) is 6.08 Å². The highest BCUT2D eigenvalue weighted by Gasteiger charge is 2.07. The van der Waals surface area contributed by atoms with Crippen molar-refractivity contribution in [1.82, 2.24) is 10.8 Å². The highest BCUT2D eigenvalue weighted by molar-refractivity contribution is 5.91. The number of alkyl carbamates (subject to hydrolysis) is 1. The summed E-state index contributed by atoms with van der Waals surface area (Å²) < 4.78 is 15.2. The predicted molar refractivity (Wildman–Crippen MR) is 101 cm³/mol. The lowest BCUT2D eigenvalue weighted by Gasteiger charge is -2.11. The Morgan fingerprint density at radius 1 is 1.22 bits per heavy atom. The Balaban J connectivity index is 2.53. The summed E-state index contributed by atoms with van der Waals surface area (Å²) >= 11 is 0. The first kappa shape index (κ1) is 22.4. The maximum Gasteiger partial charge on any atom is 0.407 e. The highest BCUT2D eigenvalue weighted by atomic mass is 16.5. The first-order valence-corrected chi connectivity index (χ1v) is 8.58. The number of benzene rings is 1. The Labute approximate surface area is 158 Å². The van der Waals surface area contributed by atoms with E-state index in [-0.39, 0.29) is 6.61 Å². The zero-order valence-electron chi connectivity index (χ0n) is 15.6. The lowest BCUT2D eigenvalue weighted by molar-refractivity contribution is 0.0703. The zero-order valence-corrected chi connectivity index (χ0v) is 15.6. The fourth-order valence-electron chi connectivity index (χ4n) is 2.02. The van der Waals surface area contributed by atoms with Crippen molar-refractivity contribution in [3.8, 4) is 0 Å². The van der Waals surface area contributed by atoms with Crippen molar-refractivity contribution >= 4 is 23.9 Å². The van der Waals surface area contributed by atoms with Crippen LogP contribution in [0.5, 0.6) is 0 Å². The van der Waals surface area contributed by atoms with Crippen LogP contribution in [0.15, 0.2) is 24.3 Å². The normalized spacial score (nSPS) is 10.6. The van der Waals surface area contributed by atoms with Crippen molar-refractivity contribution in [1.29, 1.82) is 0 Å². The number of rotatable bonds is 11. The van der Waals surface area contributed by atoms with Gasteiger partial charge in [-0.25, -0.2) is 15.1 Å². The number of carbonyl (C=O) groups excluding carboxylic acids is 2. The Kier molecular flexibility index (Phi) is 11.3. The number of allylic oxidation sites excluding steroid dienone is 1. The molecule has 0 spiro atoms. The van der Waals surface area contributed by atoms with Gasteiger partial charge in [0, 0.05) is 19.3 Å². The number of ether oxygens (including phenoxy) is 3. The first-order valence-electron chi connectivity index (χ1n) is 8.58. The minimum absolute atomic E-state index is 0.0792. The Hall–Kier alpha value is -2.62. The van der Waals surface area contributed by atoms with Gasteiger partial charge in [-0.3, -0.25) is 5.21 Å². The topological polar surface area (TPSA) is 118 Å². The summed E-state index contributed by atoms with van der Waals surface area (Å²) in [4.78, 5) is 23.0. The molecule has 0 aliphatic carbocycles. The molecule has 4 N–H and O–H groups in total. The lowest BCUT2D eigenvalue weighted by atomic mass is 10.1. The molecule has 9 heteroatoms. The average Bonchev–Trinajstić information content (AvgIpc) is 2.68. The summed E-state index contributed by atoms with van der Waals surface area (Å²) in [5, 5.41) is 13.7. The summed E-state index contributed by atoms with van der Waals surface area (Å²) in [6.07, 6.45) is 4.05. The SMILES string of the molecule is CC/C=C/c1cc(COC(=O)NCCOCCOC)ccc1NC(=O)NO. The van der Waals surface area contributed by atoms with Crippen LogP contribution in [-0.4, -0.2) is 50.8 Å². The molecule has 1 aromatic rings. The number of carbonyl (C=O) groups is 2. The third kappa shape index (κ3) is 9.59. The van der Waals surface area contributed by atoms with E-state index in [0.29, 0.717) is 32.1 Å². The van der Waals surface area contributed by atoms with Crippen molar-refractivity contribution in [2.24, 2.45) is 0 Å². The molecule has 0 radical (unpaired) electrons. The van der Waals surface area contributed by atoms with E-state index in [4.69, 9.17) is 19.4 Å². The number of anilines is 1. The summed E-state index contributed by atoms with van der Waals surface area (Å²) in [5.74, 6) is 0. The molecule has 0 fully saturated rings. The number of hydroxylamine groups is 1.